The van der Waals surface area contributed by atoms with Crippen LogP contribution in [0.1, 0.15) is 11.3 Å². The number of imidazole rings is 1. The highest BCUT2D eigenvalue weighted by molar-refractivity contribution is 9.10. The SMILES string of the molecule is Cc1ncccc1-n1c(=O)c2nccn2c2cc(C(F)(F)F)c(Br)cc21. The van der Waals surface area contributed by atoms with Crippen LogP contribution in [0.5, 0.6) is 0 Å². The third-order valence-electron chi connectivity index (χ3n) is 4.13. The quantitative estimate of drug-likeness (QED) is 0.463. The molecule has 0 saturated carbocycles. The Labute approximate surface area is 152 Å². The zero-order chi connectivity index (χ0) is 18.6. The number of fused-ring (bicyclic) bond motifs is 3. The third-order valence-corrected chi connectivity index (χ3v) is 4.78. The van der Waals surface area contributed by atoms with Gasteiger partial charge in [0.2, 0.25) is 5.65 Å². The lowest BCUT2D eigenvalue weighted by atomic mass is 10.1. The monoisotopic (exact) mass is 422 g/mol. The largest absolute Gasteiger partial charge is 0.417 e. The van der Waals surface area contributed by atoms with Gasteiger partial charge in [-0.3, -0.25) is 18.7 Å². The van der Waals surface area contributed by atoms with E-state index in [1.54, 1.807) is 25.3 Å². The number of aromatic nitrogens is 4. The molecule has 0 saturated heterocycles. The van der Waals surface area contributed by atoms with Crippen LogP contribution in [-0.2, 0) is 6.18 Å². The normalized spacial score (nSPS) is 12.2. The Morgan fingerprint density at radius 2 is 1.88 bits per heavy atom. The van der Waals surface area contributed by atoms with Crippen LogP contribution in [0.2, 0.25) is 0 Å². The molecule has 0 bridgehead atoms. The molecule has 3 aromatic heterocycles. The van der Waals surface area contributed by atoms with E-state index >= 15 is 0 Å². The molecule has 26 heavy (non-hydrogen) atoms. The topological polar surface area (TPSA) is 52.2 Å². The van der Waals surface area contributed by atoms with E-state index in [4.69, 9.17) is 0 Å². The molecule has 4 aromatic rings. The second-order valence-electron chi connectivity index (χ2n) is 5.69. The summed E-state index contributed by atoms with van der Waals surface area (Å²) < 4.78 is 42.6. The summed E-state index contributed by atoms with van der Waals surface area (Å²) in [7, 11) is 0. The highest BCUT2D eigenvalue weighted by Gasteiger charge is 2.34. The van der Waals surface area contributed by atoms with Crippen molar-refractivity contribution in [1.82, 2.24) is 18.9 Å². The van der Waals surface area contributed by atoms with Gasteiger partial charge >= 0.3 is 6.18 Å². The van der Waals surface area contributed by atoms with Gasteiger partial charge in [-0.05, 0) is 31.2 Å². The number of benzene rings is 1. The zero-order valence-electron chi connectivity index (χ0n) is 13.3. The highest BCUT2D eigenvalue weighted by Crippen LogP contribution is 2.37. The molecule has 0 radical (unpaired) electrons. The van der Waals surface area contributed by atoms with Crippen molar-refractivity contribution in [2.75, 3.05) is 0 Å². The van der Waals surface area contributed by atoms with Crippen molar-refractivity contribution in [3.8, 4) is 5.69 Å². The first kappa shape index (κ1) is 16.8. The number of aryl methyl sites for hydroxylation is 1. The average Bonchev–Trinajstić information content (AvgIpc) is 3.05. The number of halogens is 4. The number of nitrogens with zero attached hydrogens (tertiary/aromatic N) is 4. The van der Waals surface area contributed by atoms with Gasteiger partial charge in [0, 0.05) is 23.1 Å². The van der Waals surface area contributed by atoms with Gasteiger partial charge in [-0.15, -0.1) is 0 Å². The van der Waals surface area contributed by atoms with Crippen molar-refractivity contribution in [2.45, 2.75) is 13.1 Å². The number of hydrogen-bond acceptors (Lipinski definition) is 3. The molecule has 0 aliphatic rings. The van der Waals surface area contributed by atoms with E-state index in [-0.39, 0.29) is 15.6 Å². The molecule has 0 spiro atoms. The van der Waals surface area contributed by atoms with Crippen molar-refractivity contribution < 1.29 is 13.2 Å². The molecule has 0 amide bonds. The van der Waals surface area contributed by atoms with Gasteiger partial charge in [-0.2, -0.15) is 13.2 Å². The highest BCUT2D eigenvalue weighted by atomic mass is 79.9. The Hall–Kier alpha value is -2.68. The summed E-state index contributed by atoms with van der Waals surface area (Å²) in [5.74, 6) is 0. The smallest absolute Gasteiger partial charge is 0.294 e. The Morgan fingerprint density at radius 3 is 2.58 bits per heavy atom. The van der Waals surface area contributed by atoms with Crippen LogP contribution in [0, 0.1) is 6.92 Å². The molecule has 132 valence electrons. The number of alkyl halides is 3. The molecule has 3 heterocycles. The van der Waals surface area contributed by atoms with Crippen LogP contribution < -0.4 is 5.56 Å². The van der Waals surface area contributed by atoms with Crippen LogP contribution in [0.15, 0.2) is 52.1 Å². The fourth-order valence-corrected chi connectivity index (χ4v) is 3.51. The minimum atomic E-state index is -4.54. The number of pyridine rings is 1. The van der Waals surface area contributed by atoms with E-state index in [1.807, 2.05) is 0 Å². The fourth-order valence-electron chi connectivity index (χ4n) is 2.96. The van der Waals surface area contributed by atoms with E-state index in [0.717, 1.165) is 6.07 Å². The third kappa shape index (κ3) is 2.42. The van der Waals surface area contributed by atoms with Gasteiger partial charge in [0.15, 0.2) is 0 Å². The molecule has 5 nitrogen and oxygen atoms in total. The first-order valence-electron chi connectivity index (χ1n) is 7.49. The fraction of sp³-hybridized carbons (Fsp3) is 0.118. The summed E-state index contributed by atoms with van der Waals surface area (Å²) in [6.45, 7) is 1.72. The molecule has 0 N–H and O–H groups in total. The number of hydrogen-bond donors (Lipinski definition) is 0. The molecule has 9 heteroatoms. The first-order valence-corrected chi connectivity index (χ1v) is 8.29. The molecule has 0 fully saturated rings. The van der Waals surface area contributed by atoms with Crippen molar-refractivity contribution in [1.29, 1.82) is 0 Å². The summed E-state index contributed by atoms with van der Waals surface area (Å²) in [5.41, 5.74) is 0.365. The summed E-state index contributed by atoms with van der Waals surface area (Å²) in [4.78, 5) is 21.2. The van der Waals surface area contributed by atoms with E-state index in [0.29, 0.717) is 16.9 Å². The Bertz CT molecular complexity index is 1230. The minimum Gasteiger partial charge on any atom is -0.294 e. The van der Waals surface area contributed by atoms with Gasteiger partial charge in [-0.1, -0.05) is 15.9 Å². The lowest BCUT2D eigenvalue weighted by Gasteiger charge is -2.16. The molecule has 0 aliphatic carbocycles. The second-order valence-corrected chi connectivity index (χ2v) is 6.54. The summed E-state index contributed by atoms with van der Waals surface area (Å²) in [6.07, 6.45) is -0.109. The maximum Gasteiger partial charge on any atom is 0.417 e. The van der Waals surface area contributed by atoms with Crippen LogP contribution in [0.3, 0.4) is 0 Å². The first-order chi connectivity index (χ1) is 12.3. The van der Waals surface area contributed by atoms with E-state index in [9.17, 15) is 18.0 Å². The summed E-state index contributed by atoms with van der Waals surface area (Å²) in [6, 6.07) is 5.66. The lowest BCUT2D eigenvalue weighted by molar-refractivity contribution is -0.138. The molecule has 4 rings (SSSR count). The van der Waals surface area contributed by atoms with Gasteiger partial charge < -0.3 is 0 Å². The van der Waals surface area contributed by atoms with Gasteiger partial charge in [0.05, 0.1) is 28.0 Å². The predicted octanol–water partition coefficient (Wildman–Crippen LogP) is 4.12. The van der Waals surface area contributed by atoms with Crippen molar-refractivity contribution >= 4 is 32.6 Å². The van der Waals surface area contributed by atoms with Crippen LogP contribution in [0.25, 0.3) is 22.4 Å². The average molecular weight is 423 g/mol. The molecule has 0 unspecified atom stereocenters. The molecule has 0 atom stereocenters. The molecule has 0 aliphatic heterocycles. The van der Waals surface area contributed by atoms with Crippen LogP contribution in [-0.4, -0.2) is 18.9 Å². The molecular weight excluding hydrogens is 413 g/mol. The number of rotatable bonds is 1. The maximum atomic E-state index is 13.3. The van der Waals surface area contributed by atoms with E-state index in [2.05, 4.69) is 25.9 Å². The second kappa shape index (κ2) is 5.66. The standard InChI is InChI=1S/C17H10BrF3N4O/c1-9-12(3-2-4-22-9)25-14-8-11(18)10(17(19,20)21)7-13(14)24-6-5-23-15(24)16(25)26/h2-8H,1H3. The van der Waals surface area contributed by atoms with Crippen molar-refractivity contribution in [3.05, 3.63) is 68.9 Å². The predicted molar refractivity (Wildman–Crippen MR) is 93.5 cm³/mol. The molecular formula is C17H10BrF3N4O. The van der Waals surface area contributed by atoms with Gasteiger partial charge in [-0.25, -0.2) is 4.98 Å². The van der Waals surface area contributed by atoms with Crippen molar-refractivity contribution in [3.63, 3.8) is 0 Å². The Balaban J connectivity index is 2.25. The van der Waals surface area contributed by atoms with Gasteiger partial charge in [0.25, 0.3) is 5.56 Å². The Morgan fingerprint density at radius 1 is 1.12 bits per heavy atom. The minimum absolute atomic E-state index is 0.0381. The van der Waals surface area contributed by atoms with E-state index in [1.165, 1.54) is 27.4 Å². The summed E-state index contributed by atoms with van der Waals surface area (Å²) >= 11 is 2.98. The van der Waals surface area contributed by atoms with Gasteiger partial charge in [0.1, 0.15) is 0 Å². The lowest BCUT2D eigenvalue weighted by Crippen LogP contribution is -2.23. The van der Waals surface area contributed by atoms with Crippen LogP contribution in [0.4, 0.5) is 13.2 Å². The maximum absolute atomic E-state index is 13.3. The summed E-state index contributed by atoms with van der Waals surface area (Å²) in [5, 5.41) is 0. The van der Waals surface area contributed by atoms with Crippen molar-refractivity contribution in [2.24, 2.45) is 0 Å². The Kier molecular flexibility index (Phi) is 3.65. The van der Waals surface area contributed by atoms with Crippen LogP contribution >= 0.6 is 15.9 Å². The molecule has 1 aromatic carbocycles. The van der Waals surface area contributed by atoms with E-state index < -0.39 is 17.3 Å². The zero-order valence-corrected chi connectivity index (χ0v) is 14.8.